The average Bonchev–Trinajstić information content (AvgIpc) is 3.02. The molecular weight excluding hydrogens is 442 g/mol. The van der Waals surface area contributed by atoms with Crippen LogP contribution in [0.2, 0.25) is 18.1 Å². The van der Waals surface area contributed by atoms with Crippen LogP contribution in [0, 0.1) is 0 Å². The Balaban J connectivity index is 1.65. The number of fused-ring (bicyclic) bond motifs is 3. The lowest BCUT2D eigenvalue weighted by molar-refractivity contribution is 0.0101. The van der Waals surface area contributed by atoms with E-state index in [1.165, 1.54) is 0 Å². The highest BCUT2D eigenvalue weighted by molar-refractivity contribution is 9.10. The number of hydrogen-bond donors (Lipinski definition) is 1. The highest BCUT2D eigenvalue weighted by atomic mass is 79.9. The van der Waals surface area contributed by atoms with Gasteiger partial charge in [-0.1, -0.05) is 20.8 Å². The molecular formula is C19H26BrN3O4Si. The molecule has 3 fully saturated rings. The van der Waals surface area contributed by atoms with E-state index in [4.69, 9.17) is 13.8 Å². The van der Waals surface area contributed by atoms with E-state index >= 15 is 0 Å². The molecule has 2 unspecified atom stereocenters. The maximum atomic E-state index is 11.3. The number of anilines is 1. The van der Waals surface area contributed by atoms with Gasteiger partial charge in [-0.05, 0) is 52.6 Å². The number of oxazole rings is 1. The number of rotatable bonds is 3. The van der Waals surface area contributed by atoms with Crippen LogP contribution in [0.15, 0.2) is 21.0 Å². The van der Waals surface area contributed by atoms with E-state index in [1.807, 2.05) is 17.0 Å². The second kappa shape index (κ2) is 6.38. The Kier molecular flexibility index (Phi) is 4.46. The summed E-state index contributed by atoms with van der Waals surface area (Å²) >= 11 is 3.55. The first-order valence-electron chi connectivity index (χ1n) is 9.52. The fourth-order valence-corrected chi connectivity index (χ4v) is 5.09. The van der Waals surface area contributed by atoms with Crippen LogP contribution >= 0.6 is 15.9 Å². The summed E-state index contributed by atoms with van der Waals surface area (Å²) < 4.78 is 13.4. The molecule has 1 N–H and O–H groups in total. The molecule has 5 rings (SSSR count). The van der Waals surface area contributed by atoms with Crippen molar-refractivity contribution in [1.82, 2.24) is 9.88 Å². The summed E-state index contributed by atoms with van der Waals surface area (Å²) in [6, 6.07) is 4.43. The third-order valence-electron chi connectivity index (χ3n) is 6.30. The van der Waals surface area contributed by atoms with E-state index in [1.54, 1.807) is 4.90 Å². The molecule has 152 valence electrons. The zero-order valence-electron chi connectivity index (χ0n) is 16.8. The van der Waals surface area contributed by atoms with E-state index in [2.05, 4.69) is 49.8 Å². The Hall–Kier alpha value is -1.74. The van der Waals surface area contributed by atoms with Gasteiger partial charge in [0.05, 0.1) is 16.6 Å². The lowest BCUT2D eigenvalue weighted by Gasteiger charge is -2.54. The Morgan fingerprint density at radius 1 is 1.32 bits per heavy atom. The number of halogens is 1. The fourth-order valence-electron chi connectivity index (χ4n) is 3.67. The Bertz CT molecular complexity index is 927. The van der Waals surface area contributed by atoms with Gasteiger partial charge in [0.15, 0.2) is 11.1 Å². The van der Waals surface area contributed by atoms with Gasteiger partial charge >= 0.3 is 6.09 Å². The largest absolute Gasteiger partial charge is 0.542 e. The molecule has 1 aromatic heterocycles. The molecule has 9 heteroatoms. The molecule has 3 aliphatic heterocycles. The van der Waals surface area contributed by atoms with Gasteiger partial charge in [0, 0.05) is 13.1 Å². The van der Waals surface area contributed by atoms with Crippen molar-refractivity contribution in [2.75, 3.05) is 18.0 Å². The second-order valence-corrected chi connectivity index (χ2v) is 14.8. The van der Waals surface area contributed by atoms with Crippen LogP contribution in [0.5, 0.6) is 5.75 Å². The van der Waals surface area contributed by atoms with Crippen LogP contribution in [0.25, 0.3) is 11.1 Å². The van der Waals surface area contributed by atoms with Crippen molar-refractivity contribution in [1.29, 1.82) is 0 Å². The van der Waals surface area contributed by atoms with E-state index < -0.39 is 14.4 Å². The van der Waals surface area contributed by atoms with Crippen LogP contribution in [0.3, 0.4) is 0 Å². The van der Waals surface area contributed by atoms with E-state index in [-0.39, 0.29) is 17.1 Å². The van der Waals surface area contributed by atoms with Crippen molar-refractivity contribution in [3.8, 4) is 5.75 Å². The summed E-state index contributed by atoms with van der Waals surface area (Å²) in [4.78, 5) is 19.7. The summed E-state index contributed by atoms with van der Waals surface area (Å²) in [5.41, 5.74) is 1.38. The first kappa shape index (κ1) is 19.6. The van der Waals surface area contributed by atoms with Crippen LogP contribution in [-0.4, -0.2) is 54.6 Å². The summed E-state index contributed by atoms with van der Waals surface area (Å²) in [5, 5.41) is 9.38. The van der Waals surface area contributed by atoms with Crippen molar-refractivity contribution in [3.63, 3.8) is 0 Å². The minimum absolute atomic E-state index is 0.0117. The van der Waals surface area contributed by atoms with Gasteiger partial charge in [0.1, 0.15) is 5.75 Å². The van der Waals surface area contributed by atoms with Crippen LogP contribution < -0.4 is 9.33 Å². The Morgan fingerprint density at radius 3 is 2.54 bits per heavy atom. The van der Waals surface area contributed by atoms with E-state index in [0.717, 1.165) is 16.6 Å². The standard InChI is InChI=1S/C19H26BrN3O4Si/c1-19(2,3)28(4,5)27-14-7-6-13(20)16-15(14)21-17(26-16)22-9-11-8-12(10-22)23(11)18(24)25/h6-7,11-12H,8-10H2,1-5H3,(H,24,25). The number of aromatic nitrogens is 1. The molecule has 2 bridgehead atoms. The zero-order valence-corrected chi connectivity index (χ0v) is 19.4. The number of piperidine rings is 1. The van der Waals surface area contributed by atoms with E-state index in [0.29, 0.717) is 30.2 Å². The molecule has 0 aliphatic carbocycles. The number of carbonyl (C=O) groups is 1. The monoisotopic (exact) mass is 467 g/mol. The minimum Gasteiger partial charge on any atom is -0.542 e. The highest BCUT2D eigenvalue weighted by Crippen LogP contribution is 2.42. The molecule has 4 heterocycles. The fraction of sp³-hybridized carbons (Fsp3) is 0.579. The van der Waals surface area contributed by atoms with Gasteiger partial charge in [-0.3, -0.25) is 4.90 Å². The predicted molar refractivity (Wildman–Crippen MR) is 114 cm³/mol. The highest BCUT2D eigenvalue weighted by Gasteiger charge is 2.48. The maximum absolute atomic E-state index is 11.3. The first-order valence-corrected chi connectivity index (χ1v) is 13.2. The molecule has 0 saturated carbocycles. The zero-order chi connectivity index (χ0) is 20.4. The molecule has 3 aliphatic rings. The molecule has 2 aromatic rings. The lowest BCUT2D eigenvalue weighted by Crippen LogP contribution is -2.70. The lowest BCUT2D eigenvalue weighted by atomic mass is 9.88. The van der Waals surface area contributed by atoms with Gasteiger partial charge in [0.25, 0.3) is 14.3 Å². The molecule has 3 saturated heterocycles. The minimum atomic E-state index is -2.02. The van der Waals surface area contributed by atoms with Crippen molar-refractivity contribution in [2.24, 2.45) is 0 Å². The van der Waals surface area contributed by atoms with Crippen molar-refractivity contribution in [3.05, 3.63) is 16.6 Å². The van der Waals surface area contributed by atoms with Crippen molar-refractivity contribution in [2.45, 2.75) is 57.4 Å². The number of amides is 1. The molecule has 7 nitrogen and oxygen atoms in total. The Labute approximate surface area is 173 Å². The third kappa shape index (κ3) is 3.08. The van der Waals surface area contributed by atoms with Gasteiger partial charge in [-0.2, -0.15) is 4.98 Å². The number of nitrogens with zero attached hydrogens (tertiary/aromatic N) is 3. The third-order valence-corrected chi connectivity index (χ3v) is 11.3. The van der Waals surface area contributed by atoms with Gasteiger partial charge in [-0.15, -0.1) is 0 Å². The van der Waals surface area contributed by atoms with Crippen molar-refractivity contribution >= 4 is 47.5 Å². The maximum Gasteiger partial charge on any atom is 0.407 e. The second-order valence-electron chi connectivity index (χ2n) is 9.22. The molecule has 28 heavy (non-hydrogen) atoms. The van der Waals surface area contributed by atoms with Gasteiger partial charge < -0.3 is 18.8 Å². The Morgan fingerprint density at radius 2 is 1.96 bits per heavy atom. The summed E-state index contributed by atoms with van der Waals surface area (Å²) in [6.07, 6.45) is 0.0678. The summed E-state index contributed by atoms with van der Waals surface area (Å²) in [6.45, 7) is 12.2. The topological polar surface area (TPSA) is 79.0 Å². The number of benzene rings is 1. The van der Waals surface area contributed by atoms with E-state index in [9.17, 15) is 9.90 Å². The molecule has 0 radical (unpaired) electrons. The molecule has 2 atom stereocenters. The normalized spacial score (nSPS) is 22.4. The first-order chi connectivity index (χ1) is 13.0. The smallest absolute Gasteiger partial charge is 0.407 e. The average molecular weight is 468 g/mol. The van der Waals surface area contributed by atoms with Crippen LogP contribution in [0.4, 0.5) is 10.8 Å². The quantitative estimate of drug-likeness (QED) is 0.645. The van der Waals surface area contributed by atoms with Gasteiger partial charge in [0.2, 0.25) is 0 Å². The molecule has 0 spiro atoms. The van der Waals surface area contributed by atoms with Crippen molar-refractivity contribution < 1.29 is 18.7 Å². The molecule has 1 aromatic carbocycles. The SMILES string of the molecule is CC(C)(C)[Si](C)(C)Oc1ccc(Br)c2oc(N3CC4CC(C3)N4C(=O)O)nc12. The molecule has 1 amide bonds. The summed E-state index contributed by atoms with van der Waals surface area (Å²) in [7, 11) is -2.02. The number of piperazine rings is 1. The van der Waals surface area contributed by atoms with Gasteiger partial charge in [-0.25, -0.2) is 4.79 Å². The van der Waals surface area contributed by atoms with Crippen LogP contribution in [0.1, 0.15) is 27.2 Å². The number of hydrogen-bond acceptors (Lipinski definition) is 5. The predicted octanol–water partition coefficient (Wildman–Crippen LogP) is 4.92. The summed E-state index contributed by atoms with van der Waals surface area (Å²) in [5.74, 6) is 0.745. The van der Waals surface area contributed by atoms with Crippen LogP contribution in [-0.2, 0) is 0 Å². The number of carboxylic acid groups (broad SMARTS) is 1.